The number of nitrogen functional groups attached to an aromatic ring is 1. The number of hydrogen-bond donors (Lipinski definition) is 1. The van der Waals surface area contributed by atoms with E-state index in [0.29, 0.717) is 16.8 Å². The molecule has 0 atom stereocenters. The molecule has 2 rings (SSSR count). The van der Waals surface area contributed by atoms with Gasteiger partial charge in [-0.3, -0.25) is 4.79 Å². The van der Waals surface area contributed by atoms with Crippen LogP contribution in [-0.2, 0) is 0 Å². The second kappa shape index (κ2) is 4.94. The third kappa shape index (κ3) is 2.46. The van der Waals surface area contributed by atoms with E-state index < -0.39 is 0 Å². The van der Waals surface area contributed by atoms with E-state index in [0.717, 1.165) is 15.6 Å². The number of carbonyl (C=O) groups is 1. The van der Waals surface area contributed by atoms with Crippen molar-refractivity contribution in [3.05, 3.63) is 63.1 Å². The van der Waals surface area contributed by atoms with Crippen molar-refractivity contribution >= 4 is 27.4 Å². The molecule has 0 aliphatic carbocycles. The Morgan fingerprint density at radius 2 is 1.78 bits per heavy atom. The number of nitrogens with two attached hydrogens (primary N) is 1. The van der Waals surface area contributed by atoms with E-state index in [1.54, 1.807) is 12.1 Å². The summed E-state index contributed by atoms with van der Waals surface area (Å²) in [4.78, 5) is 12.5. The van der Waals surface area contributed by atoms with Gasteiger partial charge in [-0.15, -0.1) is 0 Å². The zero-order chi connectivity index (χ0) is 13.3. The summed E-state index contributed by atoms with van der Waals surface area (Å²) in [7, 11) is 0. The molecule has 0 aliphatic heterocycles. The summed E-state index contributed by atoms with van der Waals surface area (Å²) < 4.78 is 0.814. The van der Waals surface area contributed by atoms with Crippen LogP contribution < -0.4 is 5.73 Å². The smallest absolute Gasteiger partial charge is 0.194 e. The summed E-state index contributed by atoms with van der Waals surface area (Å²) >= 11 is 3.42. The van der Waals surface area contributed by atoms with Gasteiger partial charge in [-0.2, -0.15) is 0 Å². The molecule has 0 radical (unpaired) electrons. The molecular formula is C15H14BrNO. The standard InChI is InChI=1S/C15H14BrNO/c1-9-3-6-14(16)13(7-9)15(18)12-5-4-11(17)8-10(12)2/h3-8H,17H2,1-2H3. The van der Waals surface area contributed by atoms with E-state index >= 15 is 0 Å². The van der Waals surface area contributed by atoms with Crippen molar-refractivity contribution in [2.45, 2.75) is 13.8 Å². The summed E-state index contributed by atoms with van der Waals surface area (Å²) in [6, 6.07) is 11.1. The molecule has 2 N–H and O–H groups in total. The fourth-order valence-corrected chi connectivity index (χ4v) is 2.33. The van der Waals surface area contributed by atoms with Gasteiger partial charge in [0.25, 0.3) is 0 Å². The van der Waals surface area contributed by atoms with Gasteiger partial charge in [-0.05, 0) is 49.7 Å². The fourth-order valence-electron chi connectivity index (χ4n) is 1.90. The van der Waals surface area contributed by atoms with E-state index in [1.165, 1.54) is 0 Å². The van der Waals surface area contributed by atoms with Gasteiger partial charge in [0.1, 0.15) is 0 Å². The highest BCUT2D eigenvalue weighted by atomic mass is 79.9. The maximum Gasteiger partial charge on any atom is 0.194 e. The minimum Gasteiger partial charge on any atom is -0.399 e. The first-order valence-corrected chi connectivity index (χ1v) is 6.45. The van der Waals surface area contributed by atoms with Crippen molar-refractivity contribution in [2.24, 2.45) is 0 Å². The summed E-state index contributed by atoms with van der Waals surface area (Å²) in [5.74, 6) is 0.0167. The molecule has 2 aromatic rings. The van der Waals surface area contributed by atoms with Gasteiger partial charge in [0.2, 0.25) is 0 Å². The number of rotatable bonds is 2. The Hall–Kier alpha value is -1.61. The Morgan fingerprint density at radius 3 is 2.44 bits per heavy atom. The summed E-state index contributed by atoms with van der Waals surface area (Å²) in [6.07, 6.45) is 0. The number of anilines is 1. The molecule has 0 aromatic heterocycles. The minimum atomic E-state index is 0.0167. The number of carbonyl (C=O) groups excluding carboxylic acids is 1. The number of aryl methyl sites for hydroxylation is 2. The predicted molar refractivity (Wildman–Crippen MR) is 77.9 cm³/mol. The zero-order valence-electron chi connectivity index (χ0n) is 10.3. The zero-order valence-corrected chi connectivity index (χ0v) is 11.9. The van der Waals surface area contributed by atoms with Crippen LogP contribution in [0.4, 0.5) is 5.69 Å². The Balaban J connectivity index is 2.51. The van der Waals surface area contributed by atoms with Crippen LogP contribution in [0.25, 0.3) is 0 Å². The molecule has 3 heteroatoms. The first kappa shape index (κ1) is 12.8. The first-order chi connectivity index (χ1) is 8.49. The maximum atomic E-state index is 12.5. The SMILES string of the molecule is Cc1ccc(Br)c(C(=O)c2ccc(N)cc2C)c1. The van der Waals surface area contributed by atoms with Crippen LogP contribution in [-0.4, -0.2) is 5.78 Å². The van der Waals surface area contributed by atoms with Gasteiger partial charge < -0.3 is 5.73 Å². The van der Waals surface area contributed by atoms with Gasteiger partial charge in [0.15, 0.2) is 5.78 Å². The number of ketones is 1. The second-order valence-corrected chi connectivity index (χ2v) is 5.24. The van der Waals surface area contributed by atoms with E-state index in [1.807, 2.05) is 38.1 Å². The lowest BCUT2D eigenvalue weighted by atomic mass is 9.98. The molecule has 0 aliphatic rings. The lowest BCUT2D eigenvalue weighted by Gasteiger charge is -2.08. The van der Waals surface area contributed by atoms with Gasteiger partial charge in [0, 0.05) is 21.3 Å². The average molecular weight is 304 g/mol. The second-order valence-electron chi connectivity index (χ2n) is 4.39. The van der Waals surface area contributed by atoms with Crippen LogP contribution in [0.15, 0.2) is 40.9 Å². The van der Waals surface area contributed by atoms with Crippen LogP contribution >= 0.6 is 15.9 Å². The normalized spacial score (nSPS) is 10.4. The van der Waals surface area contributed by atoms with Crippen molar-refractivity contribution in [1.29, 1.82) is 0 Å². The molecule has 0 saturated heterocycles. The first-order valence-electron chi connectivity index (χ1n) is 5.66. The van der Waals surface area contributed by atoms with E-state index in [2.05, 4.69) is 15.9 Å². The number of hydrogen-bond acceptors (Lipinski definition) is 2. The Labute approximate surface area is 115 Å². The highest BCUT2D eigenvalue weighted by Crippen LogP contribution is 2.23. The number of benzene rings is 2. The Bertz CT molecular complexity index is 620. The Morgan fingerprint density at radius 1 is 1.06 bits per heavy atom. The molecule has 0 unspecified atom stereocenters. The van der Waals surface area contributed by atoms with Gasteiger partial charge >= 0.3 is 0 Å². The Kier molecular flexibility index (Phi) is 3.53. The maximum absolute atomic E-state index is 12.5. The molecule has 0 fully saturated rings. The van der Waals surface area contributed by atoms with Crippen molar-refractivity contribution in [3.63, 3.8) is 0 Å². The topological polar surface area (TPSA) is 43.1 Å². The summed E-state index contributed by atoms with van der Waals surface area (Å²) in [5.41, 5.74) is 9.71. The van der Waals surface area contributed by atoms with Crippen LogP contribution in [0.5, 0.6) is 0 Å². The monoisotopic (exact) mass is 303 g/mol. The quantitative estimate of drug-likeness (QED) is 0.676. The third-order valence-electron chi connectivity index (χ3n) is 2.86. The van der Waals surface area contributed by atoms with E-state index in [4.69, 9.17) is 5.73 Å². The molecule has 0 heterocycles. The molecule has 2 aromatic carbocycles. The van der Waals surface area contributed by atoms with Gasteiger partial charge in [0.05, 0.1) is 0 Å². The fraction of sp³-hybridized carbons (Fsp3) is 0.133. The van der Waals surface area contributed by atoms with Crippen LogP contribution in [0.2, 0.25) is 0 Å². The van der Waals surface area contributed by atoms with Crippen LogP contribution in [0, 0.1) is 13.8 Å². The van der Waals surface area contributed by atoms with Crippen molar-refractivity contribution in [1.82, 2.24) is 0 Å². The van der Waals surface area contributed by atoms with Crippen molar-refractivity contribution in [2.75, 3.05) is 5.73 Å². The lowest BCUT2D eigenvalue weighted by Crippen LogP contribution is -2.05. The summed E-state index contributed by atoms with van der Waals surface area (Å²) in [5, 5.41) is 0. The molecule has 2 nitrogen and oxygen atoms in total. The number of halogens is 1. The minimum absolute atomic E-state index is 0.0167. The third-order valence-corrected chi connectivity index (χ3v) is 3.55. The summed E-state index contributed by atoms with van der Waals surface area (Å²) in [6.45, 7) is 3.87. The van der Waals surface area contributed by atoms with Gasteiger partial charge in [-0.25, -0.2) is 0 Å². The predicted octanol–water partition coefficient (Wildman–Crippen LogP) is 3.88. The van der Waals surface area contributed by atoms with Crippen LogP contribution in [0.3, 0.4) is 0 Å². The molecule has 0 spiro atoms. The van der Waals surface area contributed by atoms with Crippen LogP contribution in [0.1, 0.15) is 27.0 Å². The molecule has 18 heavy (non-hydrogen) atoms. The average Bonchev–Trinajstić information content (AvgIpc) is 2.31. The highest BCUT2D eigenvalue weighted by molar-refractivity contribution is 9.10. The highest BCUT2D eigenvalue weighted by Gasteiger charge is 2.14. The van der Waals surface area contributed by atoms with Crippen molar-refractivity contribution < 1.29 is 4.79 Å². The van der Waals surface area contributed by atoms with E-state index in [9.17, 15) is 4.79 Å². The molecule has 0 amide bonds. The van der Waals surface area contributed by atoms with E-state index in [-0.39, 0.29) is 5.78 Å². The largest absolute Gasteiger partial charge is 0.399 e. The van der Waals surface area contributed by atoms with Gasteiger partial charge in [-0.1, -0.05) is 27.6 Å². The molecule has 0 bridgehead atoms. The molecular weight excluding hydrogens is 290 g/mol. The van der Waals surface area contributed by atoms with Crippen molar-refractivity contribution in [3.8, 4) is 0 Å². The lowest BCUT2D eigenvalue weighted by molar-refractivity contribution is 0.103. The molecule has 0 saturated carbocycles. The molecule has 92 valence electrons.